The number of halogens is 3. The number of hydrogen-bond donors (Lipinski definition) is 2. The van der Waals surface area contributed by atoms with Gasteiger partial charge in [-0.15, -0.1) is 0 Å². The highest BCUT2D eigenvalue weighted by Crippen LogP contribution is 2.31. The van der Waals surface area contributed by atoms with Crippen molar-refractivity contribution in [1.29, 1.82) is 0 Å². The fourth-order valence-electron chi connectivity index (χ4n) is 3.16. The van der Waals surface area contributed by atoms with E-state index in [1.807, 2.05) is 6.07 Å². The zero-order valence-electron chi connectivity index (χ0n) is 16.8. The summed E-state index contributed by atoms with van der Waals surface area (Å²) in [4.78, 5) is 24.6. The number of benzene rings is 3. The molecule has 9 heteroatoms. The van der Waals surface area contributed by atoms with E-state index in [4.69, 9.17) is 9.15 Å². The minimum atomic E-state index is -4.47. The van der Waals surface area contributed by atoms with Crippen LogP contribution in [0.4, 0.5) is 18.9 Å². The van der Waals surface area contributed by atoms with Gasteiger partial charge >= 0.3 is 6.18 Å². The van der Waals surface area contributed by atoms with E-state index in [0.717, 1.165) is 24.3 Å². The third kappa shape index (κ3) is 4.98. The van der Waals surface area contributed by atoms with Gasteiger partial charge in [0.25, 0.3) is 5.91 Å². The van der Waals surface area contributed by atoms with Crippen LogP contribution in [-0.4, -0.2) is 17.6 Å². The molecule has 168 valence electrons. The van der Waals surface area contributed by atoms with Crippen LogP contribution in [-0.2, 0) is 11.0 Å². The molecule has 0 radical (unpaired) electrons. The van der Waals surface area contributed by atoms with Gasteiger partial charge < -0.3 is 19.6 Å². The van der Waals surface area contributed by atoms with Gasteiger partial charge in [0.2, 0.25) is 0 Å². The molecule has 6 nitrogen and oxygen atoms in total. The lowest BCUT2D eigenvalue weighted by Gasteiger charge is -2.11. The van der Waals surface area contributed by atoms with Crippen LogP contribution in [0.1, 0.15) is 5.56 Å². The van der Waals surface area contributed by atoms with Gasteiger partial charge in [0.05, 0.1) is 5.56 Å². The number of carbonyl (C=O) groups excluding carboxylic acids is 1. The first-order valence-electron chi connectivity index (χ1n) is 9.67. The van der Waals surface area contributed by atoms with Crippen LogP contribution >= 0.6 is 0 Å². The van der Waals surface area contributed by atoms with Crippen molar-refractivity contribution < 1.29 is 32.2 Å². The number of phenolic OH excluding ortho intramolecular Hbond substituents is 1. The van der Waals surface area contributed by atoms with Gasteiger partial charge in [-0.1, -0.05) is 30.3 Å². The summed E-state index contributed by atoms with van der Waals surface area (Å²) in [5, 5.41) is 12.6. The monoisotopic (exact) mass is 455 g/mol. The van der Waals surface area contributed by atoms with Crippen molar-refractivity contribution in [3.8, 4) is 22.8 Å². The number of hydrogen-bond acceptors (Lipinski definition) is 5. The second-order valence-electron chi connectivity index (χ2n) is 7.07. The van der Waals surface area contributed by atoms with Gasteiger partial charge in [-0.3, -0.25) is 9.59 Å². The van der Waals surface area contributed by atoms with Crippen molar-refractivity contribution in [2.75, 3.05) is 11.9 Å². The van der Waals surface area contributed by atoms with E-state index in [9.17, 15) is 27.9 Å². The van der Waals surface area contributed by atoms with E-state index in [1.54, 1.807) is 24.3 Å². The second-order valence-corrected chi connectivity index (χ2v) is 7.07. The molecule has 0 aliphatic carbocycles. The van der Waals surface area contributed by atoms with Gasteiger partial charge in [-0.25, -0.2) is 0 Å². The zero-order valence-corrected chi connectivity index (χ0v) is 16.8. The number of alkyl halides is 3. The summed E-state index contributed by atoms with van der Waals surface area (Å²) >= 11 is 0. The second kappa shape index (κ2) is 8.70. The first-order valence-corrected chi connectivity index (χ1v) is 9.67. The number of amides is 1. The summed E-state index contributed by atoms with van der Waals surface area (Å²) in [6, 6.07) is 16.7. The van der Waals surface area contributed by atoms with E-state index in [-0.39, 0.29) is 28.2 Å². The predicted octanol–water partition coefficient (Wildman–Crippen LogP) is 5.20. The summed E-state index contributed by atoms with van der Waals surface area (Å²) in [7, 11) is 0. The standard InChI is InChI=1S/C24H16F3NO5/c25-24(26,27)15-6-8-16(9-7-15)28-22(31)13-32-17-10-18(29)23-19(30)12-20(33-21(23)11-17)14-4-2-1-3-5-14/h1-12,29H,13H2,(H,28,31). The molecule has 0 fully saturated rings. The third-order valence-electron chi connectivity index (χ3n) is 4.71. The summed E-state index contributed by atoms with van der Waals surface area (Å²) < 4.78 is 49.0. The normalized spacial score (nSPS) is 11.4. The maximum atomic E-state index is 12.6. The highest BCUT2D eigenvalue weighted by atomic mass is 19.4. The Hall–Kier alpha value is -4.27. The molecule has 0 saturated heterocycles. The molecule has 0 spiro atoms. The topological polar surface area (TPSA) is 88.8 Å². The third-order valence-corrected chi connectivity index (χ3v) is 4.71. The molecule has 0 aliphatic heterocycles. The molecule has 3 aromatic carbocycles. The fourth-order valence-corrected chi connectivity index (χ4v) is 3.16. The van der Waals surface area contributed by atoms with Crippen LogP contribution in [0, 0.1) is 0 Å². The Morgan fingerprint density at radius 1 is 1.00 bits per heavy atom. The smallest absolute Gasteiger partial charge is 0.416 e. The Morgan fingerprint density at radius 3 is 2.36 bits per heavy atom. The Morgan fingerprint density at radius 2 is 1.70 bits per heavy atom. The molecule has 0 atom stereocenters. The lowest BCUT2D eigenvalue weighted by molar-refractivity contribution is -0.137. The average Bonchev–Trinajstić information content (AvgIpc) is 2.77. The molecule has 0 bridgehead atoms. The van der Waals surface area contributed by atoms with Gasteiger partial charge in [0.15, 0.2) is 12.0 Å². The number of carbonyl (C=O) groups is 1. The average molecular weight is 455 g/mol. The summed E-state index contributed by atoms with van der Waals surface area (Å²) in [6.07, 6.45) is -4.47. The van der Waals surface area contributed by atoms with Crippen molar-refractivity contribution in [3.63, 3.8) is 0 Å². The first kappa shape index (κ1) is 21.9. The SMILES string of the molecule is O=C(COc1cc(O)c2c(=O)cc(-c3ccccc3)oc2c1)Nc1ccc(C(F)(F)F)cc1. The largest absolute Gasteiger partial charge is 0.507 e. The van der Waals surface area contributed by atoms with Gasteiger partial charge in [-0.05, 0) is 24.3 Å². The minimum absolute atomic E-state index is 0.0313. The number of ether oxygens (including phenoxy) is 1. The molecule has 4 aromatic rings. The van der Waals surface area contributed by atoms with Crippen LogP contribution < -0.4 is 15.5 Å². The Balaban J connectivity index is 1.50. The molecule has 4 rings (SSSR count). The van der Waals surface area contributed by atoms with Crippen LogP contribution in [0.3, 0.4) is 0 Å². The summed E-state index contributed by atoms with van der Waals surface area (Å²) in [5.74, 6) is -0.645. The fraction of sp³-hybridized carbons (Fsp3) is 0.0833. The minimum Gasteiger partial charge on any atom is -0.507 e. The molecule has 33 heavy (non-hydrogen) atoms. The van der Waals surface area contributed by atoms with Gasteiger partial charge in [0.1, 0.15) is 28.2 Å². The molecule has 0 saturated carbocycles. The molecule has 1 aromatic heterocycles. The molecule has 1 heterocycles. The number of anilines is 1. The van der Waals surface area contributed by atoms with Crippen molar-refractivity contribution in [3.05, 3.63) is 88.6 Å². The molecular weight excluding hydrogens is 439 g/mol. The van der Waals surface area contributed by atoms with E-state index in [2.05, 4.69) is 5.32 Å². The van der Waals surface area contributed by atoms with Crippen LogP contribution in [0.25, 0.3) is 22.3 Å². The lowest BCUT2D eigenvalue weighted by Crippen LogP contribution is -2.20. The first-order chi connectivity index (χ1) is 15.7. The quantitative estimate of drug-likeness (QED) is 0.432. The van der Waals surface area contributed by atoms with E-state index >= 15 is 0 Å². The number of fused-ring (bicyclic) bond motifs is 1. The van der Waals surface area contributed by atoms with Crippen molar-refractivity contribution in [1.82, 2.24) is 0 Å². The molecule has 1 amide bonds. The van der Waals surface area contributed by atoms with Crippen molar-refractivity contribution >= 4 is 22.6 Å². The molecule has 0 unspecified atom stereocenters. The van der Waals surface area contributed by atoms with Crippen molar-refractivity contribution in [2.45, 2.75) is 6.18 Å². The maximum Gasteiger partial charge on any atom is 0.416 e. The van der Waals surface area contributed by atoms with E-state index in [0.29, 0.717) is 11.3 Å². The number of phenols is 1. The predicted molar refractivity (Wildman–Crippen MR) is 115 cm³/mol. The van der Waals surface area contributed by atoms with Crippen molar-refractivity contribution in [2.24, 2.45) is 0 Å². The molecule has 2 N–H and O–H groups in total. The molecule has 0 aliphatic rings. The highest BCUT2D eigenvalue weighted by Gasteiger charge is 2.30. The molecular formula is C24H16F3NO5. The Bertz CT molecular complexity index is 1360. The van der Waals surface area contributed by atoms with Crippen LogP contribution in [0.2, 0.25) is 0 Å². The highest BCUT2D eigenvalue weighted by molar-refractivity contribution is 5.92. The van der Waals surface area contributed by atoms with Gasteiger partial charge in [-0.2, -0.15) is 13.2 Å². The zero-order chi connectivity index (χ0) is 23.6. The number of rotatable bonds is 5. The van der Waals surface area contributed by atoms with E-state index < -0.39 is 29.7 Å². The van der Waals surface area contributed by atoms with Crippen LogP contribution in [0.15, 0.2) is 82.0 Å². The summed E-state index contributed by atoms with van der Waals surface area (Å²) in [6.45, 7) is -0.491. The Labute approximate surface area is 184 Å². The number of aromatic hydroxyl groups is 1. The van der Waals surface area contributed by atoms with Gasteiger partial charge in [0, 0.05) is 29.4 Å². The Kier molecular flexibility index (Phi) is 5.78. The maximum absolute atomic E-state index is 12.6. The van der Waals surface area contributed by atoms with Crippen LogP contribution in [0.5, 0.6) is 11.5 Å². The summed E-state index contributed by atoms with van der Waals surface area (Å²) in [5.41, 5.74) is -0.381. The number of nitrogens with one attached hydrogen (secondary N) is 1. The lowest BCUT2D eigenvalue weighted by atomic mass is 10.1. The van der Waals surface area contributed by atoms with E-state index in [1.165, 1.54) is 18.2 Å².